The van der Waals surface area contributed by atoms with E-state index in [9.17, 15) is 0 Å². The molecule has 14 heavy (non-hydrogen) atoms. The second-order valence-electron chi connectivity index (χ2n) is 3.66. The number of nitrogens with one attached hydrogen (secondary N) is 1. The fraction of sp³-hybridized carbons (Fsp3) is 0.750. The summed E-state index contributed by atoms with van der Waals surface area (Å²) in [5.74, 6) is 0. The zero-order chi connectivity index (χ0) is 11.0. The Bertz CT molecular complexity index is 204. The van der Waals surface area contributed by atoms with Crippen LogP contribution in [0.4, 0.5) is 0 Å². The van der Waals surface area contributed by atoms with Gasteiger partial charge in [0, 0.05) is 0 Å². The van der Waals surface area contributed by atoms with Gasteiger partial charge in [0.1, 0.15) is 0 Å². The molecule has 1 unspecified atom stereocenters. The monoisotopic (exact) mass is 196 g/mol. The Balaban J connectivity index is 4.03. The maximum Gasteiger partial charge on any atom is 0.0990 e. The van der Waals surface area contributed by atoms with Gasteiger partial charge in [-0.2, -0.15) is 0 Å². The minimum absolute atomic E-state index is 0.277. The summed E-state index contributed by atoms with van der Waals surface area (Å²) in [6, 6.07) is 0. The van der Waals surface area contributed by atoms with Crippen molar-refractivity contribution in [3.05, 3.63) is 11.1 Å². The molecule has 0 fully saturated rings. The van der Waals surface area contributed by atoms with Gasteiger partial charge in [-0.05, 0) is 53.3 Å². The Labute approximate surface area is 88.5 Å². The van der Waals surface area contributed by atoms with E-state index in [0.29, 0.717) is 0 Å². The highest BCUT2D eigenvalue weighted by Crippen LogP contribution is 2.14. The van der Waals surface area contributed by atoms with Gasteiger partial charge in [-0.15, -0.1) is 0 Å². The molecule has 0 aliphatic carbocycles. The first kappa shape index (κ1) is 13.4. The van der Waals surface area contributed by atoms with Gasteiger partial charge in [0.15, 0.2) is 0 Å². The normalized spacial score (nSPS) is 15.8. The maximum absolute atomic E-state index is 4.34. The molecule has 0 amide bonds. The number of hydrogen-bond donors (Lipinski definition) is 1. The van der Waals surface area contributed by atoms with Gasteiger partial charge in [0.05, 0.1) is 6.17 Å². The zero-order valence-electron chi connectivity index (χ0n) is 10.2. The average Bonchev–Trinajstić information content (AvgIpc) is 2.22. The standard InChI is InChI=1S/C12H24N2/c1-6-10(3)11(4)8-9-12(13-5)14-7-2/h7,12-13H,6,8-9H2,1-5H3/b11-10-,14-7-. The number of hydrogen-bond acceptors (Lipinski definition) is 2. The lowest BCUT2D eigenvalue weighted by molar-refractivity contribution is 0.543. The molecule has 0 aliphatic rings. The van der Waals surface area contributed by atoms with Crippen molar-refractivity contribution in [1.29, 1.82) is 0 Å². The first-order valence-corrected chi connectivity index (χ1v) is 5.45. The van der Waals surface area contributed by atoms with Crippen molar-refractivity contribution in [3.8, 4) is 0 Å². The smallest absolute Gasteiger partial charge is 0.0990 e. The molecule has 0 aromatic heterocycles. The molecule has 2 nitrogen and oxygen atoms in total. The van der Waals surface area contributed by atoms with E-state index in [0.717, 1.165) is 19.3 Å². The molecular weight excluding hydrogens is 172 g/mol. The van der Waals surface area contributed by atoms with Gasteiger partial charge >= 0.3 is 0 Å². The minimum Gasteiger partial charge on any atom is -0.299 e. The van der Waals surface area contributed by atoms with Gasteiger partial charge in [0.2, 0.25) is 0 Å². The summed E-state index contributed by atoms with van der Waals surface area (Å²) >= 11 is 0. The molecule has 1 atom stereocenters. The van der Waals surface area contributed by atoms with Crippen LogP contribution in [0.15, 0.2) is 16.1 Å². The molecule has 0 aromatic carbocycles. The highest BCUT2D eigenvalue weighted by atomic mass is 15.0. The van der Waals surface area contributed by atoms with Crippen molar-refractivity contribution in [1.82, 2.24) is 5.32 Å². The van der Waals surface area contributed by atoms with Gasteiger partial charge < -0.3 is 0 Å². The average molecular weight is 196 g/mol. The summed E-state index contributed by atoms with van der Waals surface area (Å²) in [6.45, 7) is 8.61. The molecule has 82 valence electrons. The van der Waals surface area contributed by atoms with E-state index in [-0.39, 0.29) is 6.17 Å². The number of allylic oxidation sites excluding steroid dienone is 2. The van der Waals surface area contributed by atoms with E-state index in [4.69, 9.17) is 0 Å². The van der Waals surface area contributed by atoms with Crippen LogP contribution in [0.2, 0.25) is 0 Å². The first-order valence-electron chi connectivity index (χ1n) is 5.45. The first-order chi connectivity index (χ1) is 6.65. The van der Waals surface area contributed by atoms with Crippen LogP contribution in [0.1, 0.15) is 47.0 Å². The topological polar surface area (TPSA) is 24.4 Å². The predicted molar refractivity (Wildman–Crippen MR) is 64.9 cm³/mol. The van der Waals surface area contributed by atoms with Crippen molar-refractivity contribution in [2.24, 2.45) is 4.99 Å². The zero-order valence-corrected chi connectivity index (χ0v) is 10.2. The Morgan fingerprint density at radius 2 is 2.00 bits per heavy atom. The highest BCUT2D eigenvalue weighted by Gasteiger charge is 2.03. The largest absolute Gasteiger partial charge is 0.299 e. The van der Waals surface area contributed by atoms with Gasteiger partial charge in [-0.3, -0.25) is 10.3 Å². The number of nitrogens with zero attached hydrogens (tertiary/aromatic N) is 1. The van der Waals surface area contributed by atoms with Crippen LogP contribution in [-0.4, -0.2) is 19.4 Å². The Morgan fingerprint density at radius 3 is 2.43 bits per heavy atom. The lowest BCUT2D eigenvalue weighted by Crippen LogP contribution is -2.22. The van der Waals surface area contributed by atoms with Gasteiger partial charge in [-0.1, -0.05) is 18.1 Å². The molecule has 0 aromatic rings. The second kappa shape index (κ2) is 7.74. The lowest BCUT2D eigenvalue weighted by atomic mass is 10.0. The molecule has 0 rings (SSSR count). The third-order valence-corrected chi connectivity index (χ3v) is 2.71. The summed E-state index contributed by atoms with van der Waals surface area (Å²) < 4.78 is 0. The van der Waals surface area contributed by atoms with E-state index in [1.807, 2.05) is 20.2 Å². The molecule has 0 bridgehead atoms. The van der Waals surface area contributed by atoms with Crippen LogP contribution >= 0.6 is 0 Å². The second-order valence-corrected chi connectivity index (χ2v) is 3.66. The van der Waals surface area contributed by atoms with Crippen LogP contribution < -0.4 is 5.32 Å². The Kier molecular flexibility index (Phi) is 7.40. The van der Waals surface area contributed by atoms with Crippen molar-refractivity contribution in [2.45, 2.75) is 53.1 Å². The van der Waals surface area contributed by atoms with Crippen molar-refractivity contribution in [2.75, 3.05) is 7.05 Å². The molecule has 0 radical (unpaired) electrons. The van der Waals surface area contributed by atoms with E-state index in [1.165, 1.54) is 11.1 Å². The Hall–Kier alpha value is -0.630. The minimum atomic E-state index is 0.277. The van der Waals surface area contributed by atoms with Crippen LogP contribution in [-0.2, 0) is 0 Å². The van der Waals surface area contributed by atoms with Crippen LogP contribution in [0, 0.1) is 0 Å². The van der Waals surface area contributed by atoms with Crippen LogP contribution in [0.25, 0.3) is 0 Å². The molecule has 0 spiro atoms. The molecule has 0 aliphatic heterocycles. The molecule has 2 heteroatoms. The van der Waals surface area contributed by atoms with Crippen molar-refractivity contribution in [3.63, 3.8) is 0 Å². The number of aliphatic imine (C=N–C) groups is 1. The van der Waals surface area contributed by atoms with Crippen molar-refractivity contribution < 1.29 is 0 Å². The van der Waals surface area contributed by atoms with Crippen LogP contribution in [0.3, 0.4) is 0 Å². The quantitative estimate of drug-likeness (QED) is 0.512. The SMILES string of the molecule is C/C=N\C(CC/C(C)=C(/C)CC)NC. The molecule has 1 N–H and O–H groups in total. The van der Waals surface area contributed by atoms with Gasteiger partial charge in [0.25, 0.3) is 0 Å². The highest BCUT2D eigenvalue weighted by molar-refractivity contribution is 5.53. The predicted octanol–water partition coefficient (Wildman–Crippen LogP) is 3.15. The van der Waals surface area contributed by atoms with Gasteiger partial charge in [-0.25, -0.2) is 0 Å². The lowest BCUT2D eigenvalue weighted by Gasteiger charge is -2.12. The van der Waals surface area contributed by atoms with Crippen LogP contribution in [0.5, 0.6) is 0 Å². The molecule has 0 saturated carbocycles. The summed E-state index contributed by atoms with van der Waals surface area (Å²) in [6.07, 6.45) is 5.53. The summed E-state index contributed by atoms with van der Waals surface area (Å²) in [4.78, 5) is 4.34. The van der Waals surface area contributed by atoms with E-state index in [1.54, 1.807) is 0 Å². The number of rotatable bonds is 6. The Morgan fingerprint density at radius 1 is 1.36 bits per heavy atom. The van der Waals surface area contributed by atoms with E-state index >= 15 is 0 Å². The summed E-state index contributed by atoms with van der Waals surface area (Å²) in [5.41, 5.74) is 3.03. The third kappa shape index (κ3) is 5.18. The molecule has 0 heterocycles. The molecule has 0 saturated heterocycles. The van der Waals surface area contributed by atoms with Crippen molar-refractivity contribution >= 4 is 6.21 Å². The van der Waals surface area contributed by atoms with E-state index < -0.39 is 0 Å². The summed E-state index contributed by atoms with van der Waals surface area (Å²) in [7, 11) is 1.96. The fourth-order valence-electron chi connectivity index (χ4n) is 1.34. The third-order valence-electron chi connectivity index (χ3n) is 2.71. The fourth-order valence-corrected chi connectivity index (χ4v) is 1.34. The molecular formula is C12H24N2. The van der Waals surface area contributed by atoms with E-state index in [2.05, 4.69) is 31.1 Å². The maximum atomic E-state index is 4.34. The summed E-state index contributed by atoms with van der Waals surface area (Å²) in [5, 5.41) is 3.19.